The van der Waals surface area contributed by atoms with Gasteiger partial charge in [0.1, 0.15) is 0 Å². The number of hydrogen-bond donors (Lipinski definition) is 0. The van der Waals surface area contributed by atoms with Gasteiger partial charge in [0.05, 0.1) is 11.2 Å². The van der Waals surface area contributed by atoms with E-state index in [2.05, 4.69) is 6.07 Å². The topological polar surface area (TPSA) is 57.7 Å². The third-order valence-corrected chi connectivity index (χ3v) is 8.38. The van der Waals surface area contributed by atoms with E-state index in [0.29, 0.717) is 25.9 Å². The lowest BCUT2D eigenvalue weighted by atomic mass is 9.72. The monoisotopic (exact) mass is 436 g/mol. The van der Waals surface area contributed by atoms with Crippen molar-refractivity contribution in [3.8, 4) is 0 Å². The number of sulfonamides is 1. The van der Waals surface area contributed by atoms with Crippen LogP contribution in [0.25, 0.3) is 10.8 Å². The van der Waals surface area contributed by atoms with E-state index in [1.54, 1.807) is 11.8 Å². The summed E-state index contributed by atoms with van der Waals surface area (Å²) in [5.74, 6) is 0.0820. The lowest BCUT2D eigenvalue weighted by Gasteiger charge is -2.42. The number of nitrogens with zero attached hydrogens (tertiary/aromatic N) is 2. The van der Waals surface area contributed by atoms with Crippen LogP contribution in [-0.2, 0) is 20.2 Å². The van der Waals surface area contributed by atoms with Crippen molar-refractivity contribution in [2.24, 2.45) is 0 Å². The average Bonchev–Trinajstić information content (AvgIpc) is 2.83. The van der Waals surface area contributed by atoms with Crippen molar-refractivity contribution in [3.63, 3.8) is 0 Å². The maximum absolute atomic E-state index is 13.9. The molecule has 162 valence electrons. The summed E-state index contributed by atoms with van der Waals surface area (Å²) in [6.07, 6.45) is 0.931. The molecule has 0 saturated carbocycles. The van der Waals surface area contributed by atoms with Crippen molar-refractivity contribution in [2.45, 2.75) is 25.2 Å². The number of rotatable bonds is 5. The first kappa shape index (κ1) is 21.5. The molecule has 1 saturated heterocycles. The van der Waals surface area contributed by atoms with Gasteiger partial charge in [0.25, 0.3) is 0 Å². The molecule has 1 aliphatic heterocycles. The van der Waals surface area contributed by atoms with E-state index in [0.717, 1.165) is 22.0 Å². The molecule has 0 unspecified atom stereocenters. The number of carbonyl (C=O) groups excluding carboxylic acids is 1. The number of fused-ring (bicyclic) bond motifs is 1. The Labute approximate surface area is 184 Å². The first-order valence-electron chi connectivity index (χ1n) is 10.7. The van der Waals surface area contributed by atoms with Crippen molar-refractivity contribution in [1.82, 2.24) is 4.31 Å². The highest BCUT2D eigenvalue weighted by Crippen LogP contribution is 2.39. The van der Waals surface area contributed by atoms with E-state index >= 15 is 0 Å². The molecule has 0 N–H and O–H groups in total. The van der Waals surface area contributed by atoms with Gasteiger partial charge in [-0.05, 0) is 48.2 Å². The minimum atomic E-state index is -3.27. The fraction of sp³-hybridized carbons (Fsp3) is 0.320. The predicted octanol–water partition coefficient (Wildman–Crippen LogP) is 4.19. The molecule has 0 bridgehead atoms. The van der Waals surface area contributed by atoms with E-state index in [1.165, 1.54) is 4.31 Å². The Kier molecular flexibility index (Phi) is 5.86. The van der Waals surface area contributed by atoms with Gasteiger partial charge < -0.3 is 4.90 Å². The van der Waals surface area contributed by atoms with Crippen molar-refractivity contribution < 1.29 is 13.2 Å². The lowest BCUT2D eigenvalue weighted by Crippen LogP contribution is -2.53. The average molecular weight is 437 g/mol. The van der Waals surface area contributed by atoms with Crippen LogP contribution < -0.4 is 4.90 Å². The standard InChI is InChI=1S/C25H28N2O3S/c1-3-31(29,30)27-17-15-25(16-18-27,22-11-5-4-6-12-22)24(28)26(2)23-14-13-20-9-7-8-10-21(20)19-23/h4-14,19H,3,15-18H2,1-2H3. The molecule has 0 aliphatic carbocycles. The fourth-order valence-corrected chi connectivity index (χ4v) is 5.64. The van der Waals surface area contributed by atoms with Gasteiger partial charge in [0, 0.05) is 25.8 Å². The number of amides is 1. The zero-order valence-electron chi connectivity index (χ0n) is 18.0. The highest BCUT2D eigenvalue weighted by atomic mass is 32.2. The van der Waals surface area contributed by atoms with E-state index in [4.69, 9.17) is 0 Å². The number of anilines is 1. The van der Waals surface area contributed by atoms with Crippen molar-refractivity contribution in [3.05, 3.63) is 78.4 Å². The Morgan fingerprint density at radius 3 is 2.19 bits per heavy atom. The second-order valence-corrected chi connectivity index (χ2v) is 10.4. The van der Waals surface area contributed by atoms with Crippen LogP contribution in [0.5, 0.6) is 0 Å². The highest BCUT2D eigenvalue weighted by molar-refractivity contribution is 7.89. The minimum absolute atomic E-state index is 0.00234. The summed E-state index contributed by atoms with van der Waals surface area (Å²) in [6.45, 7) is 2.36. The van der Waals surface area contributed by atoms with Crippen molar-refractivity contribution in [2.75, 3.05) is 30.8 Å². The SMILES string of the molecule is CCS(=O)(=O)N1CCC(C(=O)N(C)c2ccc3ccccc3c2)(c2ccccc2)CC1. The molecule has 0 spiro atoms. The van der Waals surface area contributed by atoms with Crippen LogP contribution in [0.3, 0.4) is 0 Å². The molecular formula is C25H28N2O3S. The van der Waals surface area contributed by atoms with Gasteiger partial charge in [0.15, 0.2) is 0 Å². The molecule has 1 amide bonds. The highest BCUT2D eigenvalue weighted by Gasteiger charge is 2.46. The Hall–Kier alpha value is -2.70. The molecule has 6 heteroatoms. The summed E-state index contributed by atoms with van der Waals surface area (Å²) in [5, 5.41) is 2.21. The van der Waals surface area contributed by atoms with Crippen LogP contribution >= 0.6 is 0 Å². The van der Waals surface area contributed by atoms with Crippen LogP contribution in [0.1, 0.15) is 25.3 Å². The normalized spacial score (nSPS) is 16.8. The third kappa shape index (κ3) is 3.98. The quantitative estimate of drug-likeness (QED) is 0.603. The number of carbonyl (C=O) groups is 1. The molecule has 5 nitrogen and oxygen atoms in total. The van der Waals surface area contributed by atoms with Crippen molar-refractivity contribution >= 4 is 32.4 Å². The second-order valence-electron chi connectivity index (χ2n) is 8.14. The number of benzene rings is 3. The maximum atomic E-state index is 13.9. The third-order valence-electron chi connectivity index (χ3n) is 6.49. The summed E-state index contributed by atoms with van der Waals surface area (Å²) in [4.78, 5) is 15.7. The Bertz CT molecular complexity index is 1180. The largest absolute Gasteiger partial charge is 0.315 e. The van der Waals surface area contributed by atoms with Crippen LogP contribution in [0, 0.1) is 0 Å². The summed E-state index contributed by atoms with van der Waals surface area (Å²) in [7, 11) is -1.46. The number of likely N-dealkylation sites (N-methyl/N-ethyl adjacent to an activating group) is 1. The zero-order valence-corrected chi connectivity index (χ0v) is 18.8. The maximum Gasteiger partial charge on any atom is 0.237 e. The summed E-state index contributed by atoms with van der Waals surface area (Å²) >= 11 is 0. The van der Waals surface area contributed by atoms with Crippen LogP contribution in [0.4, 0.5) is 5.69 Å². The smallest absolute Gasteiger partial charge is 0.237 e. The fourth-order valence-electron chi connectivity index (χ4n) is 4.54. The second kappa shape index (κ2) is 8.44. The van der Waals surface area contributed by atoms with Crippen LogP contribution in [0.2, 0.25) is 0 Å². The van der Waals surface area contributed by atoms with Gasteiger partial charge in [-0.25, -0.2) is 12.7 Å². The molecule has 0 radical (unpaired) electrons. The van der Waals surface area contributed by atoms with Crippen LogP contribution in [-0.4, -0.2) is 44.5 Å². The van der Waals surface area contributed by atoms with Crippen molar-refractivity contribution in [1.29, 1.82) is 0 Å². The van der Waals surface area contributed by atoms with E-state index in [1.807, 2.05) is 73.8 Å². The minimum Gasteiger partial charge on any atom is -0.315 e. The molecule has 0 atom stereocenters. The molecule has 1 aliphatic rings. The molecule has 3 aromatic rings. The van der Waals surface area contributed by atoms with Gasteiger partial charge >= 0.3 is 0 Å². The summed E-state index contributed by atoms with van der Waals surface area (Å²) in [6, 6.07) is 23.9. The molecule has 4 rings (SSSR count). The summed E-state index contributed by atoms with van der Waals surface area (Å²) < 4.78 is 26.3. The Morgan fingerprint density at radius 2 is 1.55 bits per heavy atom. The molecule has 3 aromatic carbocycles. The van der Waals surface area contributed by atoms with E-state index in [9.17, 15) is 13.2 Å². The molecule has 1 heterocycles. The first-order valence-corrected chi connectivity index (χ1v) is 12.3. The van der Waals surface area contributed by atoms with Gasteiger partial charge in [0.2, 0.25) is 15.9 Å². The zero-order chi connectivity index (χ0) is 22.1. The predicted molar refractivity (Wildman–Crippen MR) is 126 cm³/mol. The molecule has 0 aromatic heterocycles. The van der Waals surface area contributed by atoms with E-state index < -0.39 is 15.4 Å². The molecule has 31 heavy (non-hydrogen) atoms. The van der Waals surface area contributed by atoms with Gasteiger partial charge in [-0.2, -0.15) is 0 Å². The first-order chi connectivity index (χ1) is 14.9. The van der Waals surface area contributed by atoms with Gasteiger partial charge in [-0.3, -0.25) is 4.79 Å². The van der Waals surface area contributed by atoms with Crippen LogP contribution in [0.15, 0.2) is 72.8 Å². The molecule has 1 fully saturated rings. The molecular weight excluding hydrogens is 408 g/mol. The Morgan fingerprint density at radius 1 is 0.935 bits per heavy atom. The Balaban J connectivity index is 1.69. The van der Waals surface area contributed by atoms with Gasteiger partial charge in [-0.15, -0.1) is 0 Å². The summed E-state index contributed by atoms with van der Waals surface area (Å²) in [5.41, 5.74) is 1.03. The lowest BCUT2D eigenvalue weighted by molar-refractivity contribution is -0.125. The number of piperidine rings is 1. The van der Waals surface area contributed by atoms with E-state index in [-0.39, 0.29) is 11.7 Å². The van der Waals surface area contributed by atoms with Gasteiger partial charge in [-0.1, -0.05) is 60.7 Å². The number of hydrogen-bond acceptors (Lipinski definition) is 3.